The molecule has 0 fully saturated rings. The summed E-state index contributed by atoms with van der Waals surface area (Å²) in [4.78, 5) is 0. The predicted octanol–water partition coefficient (Wildman–Crippen LogP) is -6.45. The van der Waals surface area contributed by atoms with Crippen LogP contribution in [-0.2, 0) is 28.1 Å². The smallest absolute Gasteiger partial charge is 1.00 e. The van der Waals surface area contributed by atoms with Gasteiger partial charge < -0.3 is 37.2 Å². The third-order valence-corrected chi connectivity index (χ3v) is 3.69. The number of rotatable bonds is 0. The first-order chi connectivity index (χ1) is 8.45. The minimum absolute atomic E-state index is 0. The number of hydrogen-bond acceptors (Lipinski definition) is 0. The summed E-state index contributed by atoms with van der Waals surface area (Å²) in [6, 6.07) is 8.71. The zero-order chi connectivity index (χ0) is 11.2. The Labute approximate surface area is 157 Å². The molecule has 0 atom stereocenters. The van der Waals surface area contributed by atoms with Crippen LogP contribution in [0.1, 0.15) is 11.1 Å². The van der Waals surface area contributed by atoms with Crippen molar-refractivity contribution in [1.82, 2.24) is 0 Å². The molecule has 0 aromatic heterocycles. The molecule has 0 N–H and O–H groups in total. The molecule has 2 aromatic carbocycles. The zero-order valence-corrected chi connectivity index (χ0v) is 14.9. The van der Waals surface area contributed by atoms with E-state index in [4.69, 9.17) is 0 Å². The maximum absolute atomic E-state index is 2.24. The molecule has 0 amide bonds. The molecule has 0 heterocycles. The van der Waals surface area contributed by atoms with Crippen LogP contribution in [-0.4, -0.2) is 0 Å². The van der Waals surface area contributed by atoms with E-state index in [0.717, 1.165) is 6.42 Å². The first kappa shape index (κ1) is 20.5. The SMILES string of the molecule is C1=CCc2c3c(c4ccccc4c2=C1)=CC=C3.[Cl-].[Cl-].[Cl-].[Ti+3]. The summed E-state index contributed by atoms with van der Waals surface area (Å²) in [5.74, 6) is 0. The molecule has 0 nitrogen and oxygen atoms in total. The number of allylic oxidation sites excluding steroid dienone is 3. The maximum atomic E-state index is 2.24. The summed E-state index contributed by atoms with van der Waals surface area (Å²) in [5, 5.41) is 5.55. The van der Waals surface area contributed by atoms with E-state index < -0.39 is 0 Å². The van der Waals surface area contributed by atoms with Crippen LogP contribution in [0.25, 0.3) is 29.0 Å². The second kappa shape index (κ2) is 8.22. The fourth-order valence-corrected chi connectivity index (χ4v) is 2.94. The van der Waals surface area contributed by atoms with Gasteiger partial charge in [0.25, 0.3) is 0 Å². The largest absolute Gasteiger partial charge is 3.00 e. The summed E-state index contributed by atoms with van der Waals surface area (Å²) in [7, 11) is 0. The normalized spacial score (nSPS) is 12.4. The van der Waals surface area contributed by atoms with Crippen LogP contribution < -0.4 is 47.7 Å². The molecule has 4 rings (SSSR count). The Morgan fingerprint density at radius 1 is 0.762 bits per heavy atom. The molecule has 21 heavy (non-hydrogen) atoms. The van der Waals surface area contributed by atoms with E-state index in [1.165, 1.54) is 32.3 Å². The molecule has 0 saturated carbocycles. The Morgan fingerprint density at radius 2 is 1.38 bits per heavy atom. The van der Waals surface area contributed by atoms with Gasteiger partial charge in [-0.3, -0.25) is 0 Å². The Hall–Kier alpha value is -0.496. The third-order valence-electron chi connectivity index (χ3n) is 3.69. The van der Waals surface area contributed by atoms with Crippen LogP contribution in [0, 0.1) is 0 Å². The van der Waals surface area contributed by atoms with E-state index in [-0.39, 0.29) is 58.9 Å². The fourth-order valence-electron chi connectivity index (χ4n) is 2.94. The van der Waals surface area contributed by atoms with Crippen molar-refractivity contribution in [2.24, 2.45) is 0 Å². The molecule has 4 heteroatoms. The van der Waals surface area contributed by atoms with Gasteiger partial charge in [0, 0.05) is 0 Å². The summed E-state index contributed by atoms with van der Waals surface area (Å²) in [6.45, 7) is 0. The zero-order valence-electron chi connectivity index (χ0n) is 11.1. The second-order valence-corrected chi connectivity index (χ2v) is 4.59. The number of benzene rings is 2. The molecular formula is C17H12Cl3Ti. The van der Waals surface area contributed by atoms with Crippen molar-refractivity contribution in [1.29, 1.82) is 0 Å². The van der Waals surface area contributed by atoms with Gasteiger partial charge >= 0.3 is 21.7 Å². The molecule has 0 bridgehead atoms. The third kappa shape index (κ3) is 3.16. The van der Waals surface area contributed by atoms with Gasteiger partial charge in [-0.25, -0.2) is 0 Å². The monoisotopic (exact) mass is 369 g/mol. The average molecular weight is 371 g/mol. The standard InChI is InChI=1S/C17H12.3ClH.Ti/c1-3-8-14-12(6-1)13-7-2-4-9-15(13)17-11-5-10-16(14)17;;;;/h1-8,10-11H,9H2;3*1H;/q;;;;+3/p-3. The van der Waals surface area contributed by atoms with Crippen molar-refractivity contribution in [3.63, 3.8) is 0 Å². The first-order valence-electron chi connectivity index (χ1n) is 6.04. The molecule has 0 unspecified atom stereocenters. The molecule has 2 aromatic rings. The minimum atomic E-state index is 0. The molecule has 0 spiro atoms. The van der Waals surface area contributed by atoms with Crippen LogP contribution in [0.2, 0.25) is 0 Å². The van der Waals surface area contributed by atoms with E-state index in [1.807, 2.05) is 0 Å². The molecule has 0 aliphatic heterocycles. The molecule has 2 aliphatic rings. The summed E-state index contributed by atoms with van der Waals surface area (Å²) >= 11 is 0. The topological polar surface area (TPSA) is 0 Å². The van der Waals surface area contributed by atoms with Crippen molar-refractivity contribution in [3.8, 4) is 0 Å². The Morgan fingerprint density at radius 3 is 2.10 bits per heavy atom. The summed E-state index contributed by atoms with van der Waals surface area (Å²) in [5.41, 5.74) is 2.89. The number of halogens is 3. The van der Waals surface area contributed by atoms with Crippen LogP contribution >= 0.6 is 0 Å². The van der Waals surface area contributed by atoms with Gasteiger partial charge in [-0.1, -0.05) is 60.7 Å². The van der Waals surface area contributed by atoms with Crippen molar-refractivity contribution in [3.05, 3.63) is 64.1 Å². The van der Waals surface area contributed by atoms with E-state index in [0.29, 0.717) is 0 Å². The Kier molecular flexibility index (Phi) is 8.03. The molecule has 1 radical (unpaired) electrons. The van der Waals surface area contributed by atoms with E-state index >= 15 is 0 Å². The van der Waals surface area contributed by atoms with Gasteiger partial charge in [-0.2, -0.15) is 0 Å². The summed E-state index contributed by atoms with van der Waals surface area (Å²) in [6.07, 6.45) is 14.3. The Balaban J connectivity index is 0.000001000. The van der Waals surface area contributed by atoms with E-state index in [9.17, 15) is 0 Å². The molecule has 0 saturated heterocycles. The number of fused-ring (bicyclic) bond motifs is 6. The van der Waals surface area contributed by atoms with Gasteiger partial charge in [0.05, 0.1) is 0 Å². The van der Waals surface area contributed by atoms with Crippen molar-refractivity contribution in [2.45, 2.75) is 6.42 Å². The van der Waals surface area contributed by atoms with Crippen molar-refractivity contribution in [2.75, 3.05) is 0 Å². The van der Waals surface area contributed by atoms with E-state index in [2.05, 4.69) is 60.7 Å². The first-order valence-corrected chi connectivity index (χ1v) is 6.04. The molecule has 2 aliphatic carbocycles. The average Bonchev–Trinajstić information content (AvgIpc) is 2.89. The van der Waals surface area contributed by atoms with Gasteiger partial charge in [0.15, 0.2) is 0 Å². The van der Waals surface area contributed by atoms with Crippen LogP contribution in [0.4, 0.5) is 0 Å². The maximum Gasteiger partial charge on any atom is 3.00 e. The predicted molar refractivity (Wildman–Crippen MR) is 74.0 cm³/mol. The second-order valence-electron chi connectivity index (χ2n) is 4.59. The number of hydrogen-bond donors (Lipinski definition) is 0. The van der Waals surface area contributed by atoms with Crippen molar-refractivity contribution < 1.29 is 58.9 Å². The molecule has 105 valence electrons. The summed E-state index contributed by atoms with van der Waals surface area (Å²) < 4.78 is 0. The van der Waals surface area contributed by atoms with Gasteiger partial charge in [-0.15, -0.1) is 0 Å². The fraction of sp³-hybridized carbons (Fsp3) is 0.0588. The van der Waals surface area contributed by atoms with E-state index in [1.54, 1.807) is 0 Å². The van der Waals surface area contributed by atoms with Crippen molar-refractivity contribution >= 4 is 29.0 Å². The quantitative estimate of drug-likeness (QED) is 0.405. The van der Waals surface area contributed by atoms with Gasteiger partial charge in [-0.05, 0) is 38.8 Å². The van der Waals surface area contributed by atoms with Gasteiger partial charge in [0.1, 0.15) is 0 Å². The Bertz CT molecular complexity index is 820. The van der Waals surface area contributed by atoms with Gasteiger partial charge in [0.2, 0.25) is 0 Å². The van der Waals surface area contributed by atoms with Crippen LogP contribution in [0.5, 0.6) is 0 Å². The van der Waals surface area contributed by atoms with Crippen LogP contribution in [0.3, 0.4) is 0 Å². The molecular weight excluding hydrogens is 358 g/mol. The minimum Gasteiger partial charge on any atom is -1.00 e. The van der Waals surface area contributed by atoms with Crippen LogP contribution in [0.15, 0.2) is 42.5 Å².